The maximum atomic E-state index is 11.2. The summed E-state index contributed by atoms with van der Waals surface area (Å²) in [4.78, 5) is 32.7. The summed E-state index contributed by atoms with van der Waals surface area (Å²) >= 11 is 0. The molecule has 0 aliphatic heterocycles. The van der Waals surface area contributed by atoms with Crippen LogP contribution in [0.25, 0.3) is 0 Å². The van der Waals surface area contributed by atoms with Gasteiger partial charge in [-0.1, -0.05) is 26.7 Å². The highest BCUT2D eigenvalue weighted by Crippen LogP contribution is 2.21. The SMILES string of the molecule is CCC(CCCC(CCCC(C)C(=O)O)C(=O)O)C(=O)O. The van der Waals surface area contributed by atoms with Gasteiger partial charge in [-0.05, 0) is 32.1 Å². The number of hydrogen-bond acceptors (Lipinski definition) is 3. The van der Waals surface area contributed by atoms with E-state index in [0.29, 0.717) is 44.9 Å². The minimum Gasteiger partial charge on any atom is -0.481 e. The number of rotatable bonds is 12. The molecule has 0 bridgehead atoms. The summed E-state index contributed by atoms with van der Waals surface area (Å²) in [5, 5.41) is 26.8. The number of aliphatic carboxylic acids is 3. The molecule has 0 saturated heterocycles. The van der Waals surface area contributed by atoms with Gasteiger partial charge in [-0.3, -0.25) is 14.4 Å². The normalized spacial score (nSPS) is 15.1. The van der Waals surface area contributed by atoms with Crippen LogP contribution in [0.15, 0.2) is 0 Å². The molecule has 3 atom stereocenters. The van der Waals surface area contributed by atoms with Gasteiger partial charge in [-0.2, -0.15) is 0 Å². The van der Waals surface area contributed by atoms with Crippen LogP contribution < -0.4 is 0 Å². The first-order valence-electron chi connectivity index (χ1n) is 7.47. The minimum absolute atomic E-state index is 0.411. The number of carboxylic acids is 3. The van der Waals surface area contributed by atoms with Crippen LogP contribution in [0.3, 0.4) is 0 Å². The molecule has 0 amide bonds. The van der Waals surface area contributed by atoms with Crippen LogP contribution >= 0.6 is 0 Å². The highest BCUT2D eigenvalue weighted by Gasteiger charge is 2.20. The quantitative estimate of drug-likeness (QED) is 0.511. The Balaban J connectivity index is 4.11. The van der Waals surface area contributed by atoms with Gasteiger partial charge >= 0.3 is 17.9 Å². The van der Waals surface area contributed by atoms with E-state index in [0.717, 1.165) is 0 Å². The Labute approximate surface area is 125 Å². The first-order valence-corrected chi connectivity index (χ1v) is 7.47. The largest absolute Gasteiger partial charge is 0.481 e. The first kappa shape index (κ1) is 19.4. The van der Waals surface area contributed by atoms with E-state index in [2.05, 4.69) is 0 Å². The Kier molecular flexibility index (Phi) is 9.41. The predicted octanol–water partition coefficient (Wildman–Crippen LogP) is 2.86. The third kappa shape index (κ3) is 8.32. The van der Waals surface area contributed by atoms with Crippen molar-refractivity contribution in [2.45, 2.75) is 58.8 Å². The summed E-state index contributed by atoms with van der Waals surface area (Å²) in [6, 6.07) is 0. The van der Waals surface area contributed by atoms with Gasteiger partial charge in [-0.15, -0.1) is 0 Å². The summed E-state index contributed by atoms with van der Waals surface area (Å²) < 4.78 is 0. The predicted molar refractivity (Wildman–Crippen MR) is 77.0 cm³/mol. The molecule has 3 unspecified atom stereocenters. The standard InChI is InChI=1S/C15H26O6/c1-3-11(14(18)19)7-5-9-12(15(20)21)8-4-6-10(2)13(16)17/h10-12H,3-9H2,1-2H3,(H,16,17)(H,18,19)(H,20,21). The van der Waals surface area contributed by atoms with E-state index in [1.165, 1.54) is 0 Å². The molecule has 0 aromatic rings. The molecule has 21 heavy (non-hydrogen) atoms. The van der Waals surface area contributed by atoms with E-state index in [4.69, 9.17) is 15.3 Å². The smallest absolute Gasteiger partial charge is 0.306 e. The van der Waals surface area contributed by atoms with Crippen molar-refractivity contribution in [1.29, 1.82) is 0 Å². The van der Waals surface area contributed by atoms with Crippen molar-refractivity contribution < 1.29 is 29.7 Å². The van der Waals surface area contributed by atoms with Crippen molar-refractivity contribution in [1.82, 2.24) is 0 Å². The monoisotopic (exact) mass is 302 g/mol. The van der Waals surface area contributed by atoms with Crippen molar-refractivity contribution in [3.05, 3.63) is 0 Å². The summed E-state index contributed by atoms with van der Waals surface area (Å²) in [6.45, 7) is 3.41. The fourth-order valence-corrected chi connectivity index (χ4v) is 2.30. The fourth-order valence-electron chi connectivity index (χ4n) is 2.30. The Morgan fingerprint density at radius 3 is 1.57 bits per heavy atom. The van der Waals surface area contributed by atoms with E-state index in [9.17, 15) is 14.4 Å². The van der Waals surface area contributed by atoms with E-state index in [1.54, 1.807) is 13.8 Å². The molecule has 0 aliphatic rings. The zero-order chi connectivity index (χ0) is 16.4. The maximum Gasteiger partial charge on any atom is 0.306 e. The molecule has 0 fully saturated rings. The van der Waals surface area contributed by atoms with Gasteiger partial charge in [0.2, 0.25) is 0 Å². The van der Waals surface area contributed by atoms with Gasteiger partial charge in [0.05, 0.1) is 17.8 Å². The Morgan fingerprint density at radius 2 is 1.19 bits per heavy atom. The van der Waals surface area contributed by atoms with Gasteiger partial charge in [-0.25, -0.2) is 0 Å². The Hall–Kier alpha value is -1.59. The fraction of sp³-hybridized carbons (Fsp3) is 0.800. The maximum absolute atomic E-state index is 11.2. The second-order valence-electron chi connectivity index (χ2n) is 5.58. The molecule has 3 N–H and O–H groups in total. The van der Waals surface area contributed by atoms with Gasteiger partial charge in [0.1, 0.15) is 0 Å². The molecule has 6 heteroatoms. The lowest BCUT2D eigenvalue weighted by Crippen LogP contribution is -2.17. The molecule has 0 aromatic carbocycles. The number of carboxylic acid groups (broad SMARTS) is 3. The molecule has 0 spiro atoms. The van der Waals surface area contributed by atoms with E-state index >= 15 is 0 Å². The summed E-state index contributed by atoms with van der Waals surface area (Å²) in [5.74, 6) is -3.98. The lowest BCUT2D eigenvalue weighted by Gasteiger charge is -2.14. The second-order valence-corrected chi connectivity index (χ2v) is 5.58. The van der Waals surface area contributed by atoms with Crippen LogP contribution in [0, 0.1) is 17.8 Å². The number of carbonyl (C=O) groups is 3. The van der Waals surface area contributed by atoms with Crippen LogP contribution in [0.1, 0.15) is 58.8 Å². The Morgan fingerprint density at radius 1 is 0.762 bits per heavy atom. The van der Waals surface area contributed by atoms with Crippen molar-refractivity contribution >= 4 is 17.9 Å². The lowest BCUT2D eigenvalue weighted by molar-refractivity contribution is -0.142. The summed E-state index contributed by atoms with van der Waals surface area (Å²) in [6.07, 6.45) is 3.50. The molecular formula is C15H26O6. The van der Waals surface area contributed by atoms with Crippen molar-refractivity contribution in [2.75, 3.05) is 0 Å². The topological polar surface area (TPSA) is 112 Å². The molecular weight excluding hydrogens is 276 g/mol. The van der Waals surface area contributed by atoms with Crippen LogP contribution in [-0.2, 0) is 14.4 Å². The molecule has 122 valence electrons. The zero-order valence-electron chi connectivity index (χ0n) is 12.7. The van der Waals surface area contributed by atoms with E-state index < -0.39 is 35.7 Å². The van der Waals surface area contributed by atoms with E-state index in [1.807, 2.05) is 0 Å². The Bertz CT molecular complexity index is 352. The average molecular weight is 302 g/mol. The molecule has 0 heterocycles. The first-order chi connectivity index (χ1) is 9.79. The lowest BCUT2D eigenvalue weighted by atomic mass is 9.91. The summed E-state index contributed by atoms with van der Waals surface area (Å²) in [7, 11) is 0. The second kappa shape index (κ2) is 10.2. The third-order valence-corrected chi connectivity index (χ3v) is 3.91. The number of hydrogen-bond donors (Lipinski definition) is 3. The highest BCUT2D eigenvalue weighted by atomic mass is 16.4. The molecule has 0 saturated carbocycles. The molecule has 0 radical (unpaired) electrons. The van der Waals surface area contributed by atoms with Crippen LogP contribution in [0.2, 0.25) is 0 Å². The molecule has 0 rings (SSSR count). The highest BCUT2D eigenvalue weighted by molar-refractivity contribution is 5.71. The summed E-state index contributed by atoms with van der Waals surface area (Å²) in [5.41, 5.74) is 0. The van der Waals surface area contributed by atoms with Gasteiger partial charge in [0.25, 0.3) is 0 Å². The van der Waals surface area contributed by atoms with Gasteiger partial charge in [0.15, 0.2) is 0 Å². The van der Waals surface area contributed by atoms with Crippen LogP contribution in [0.4, 0.5) is 0 Å². The van der Waals surface area contributed by atoms with Crippen LogP contribution in [0.5, 0.6) is 0 Å². The average Bonchev–Trinajstić information content (AvgIpc) is 2.40. The molecule has 6 nitrogen and oxygen atoms in total. The molecule has 0 aromatic heterocycles. The third-order valence-electron chi connectivity index (χ3n) is 3.91. The van der Waals surface area contributed by atoms with E-state index in [-0.39, 0.29) is 0 Å². The van der Waals surface area contributed by atoms with Gasteiger partial charge < -0.3 is 15.3 Å². The van der Waals surface area contributed by atoms with Crippen molar-refractivity contribution in [3.63, 3.8) is 0 Å². The van der Waals surface area contributed by atoms with Crippen molar-refractivity contribution in [2.24, 2.45) is 17.8 Å². The van der Waals surface area contributed by atoms with Gasteiger partial charge in [0, 0.05) is 0 Å². The van der Waals surface area contributed by atoms with Crippen molar-refractivity contribution in [3.8, 4) is 0 Å². The minimum atomic E-state index is -0.888. The van der Waals surface area contributed by atoms with Crippen LogP contribution in [-0.4, -0.2) is 33.2 Å². The zero-order valence-corrected chi connectivity index (χ0v) is 12.7. The molecule has 0 aliphatic carbocycles.